The van der Waals surface area contributed by atoms with Crippen LogP contribution < -0.4 is 10.0 Å². The van der Waals surface area contributed by atoms with Gasteiger partial charge in [0.15, 0.2) is 0 Å². The number of halogens is 2. The highest BCUT2D eigenvalue weighted by Crippen LogP contribution is 2.32. The van der Waals surface area contributed by atoms with Gasteiger partial charge in [0, 0.05) is 18.3 Å². The molecule has 1 unspecified atom stereocenters. The van der Waals surface area contributed by atoms with Crippen molar-refractivity contribution in [2.75, 3.05) is 18.5 Å². The average Bonchev–Trinajstić information content (AvgIpc) is 3.20. The Morgan fingerprint density at radius 3 is 2.81 bits per heavy atom. The molecular formula is C16H16BrFN2O4S2. The standard InChI is InChI=1S/C16H16BrFN2O4S2/c1-9-6-10(2-3-13(9)18)19-16(21)12-7-14(25-15(12)17)26(22,23)20-11-4-5-24-8-11/h2-3,6-7,11,20H,4-5,8H2,1H3,(H,19,21). The van der Waals surface area contributed by atoms with E-state index in [1.165, 1.54) is 24.3 Å². The van der Waals surface area contributed by atoms with E-state index in [2.05, 4.69) is 26.0 Å². The smallest absolute Gasteiger partial charge is 0.257 e. The lowest BCUT2D eigenvalue weighted by atomic mass is 10.2. The van der Waals surface area contributed by atoms with Crippen molar-refractivity contribution in [1.82, 2.24) is 4.72 Å². The number of amides is 1. The number of hydrogen-bond acceptors (Lipinski definition) is 5. The molecule has 0 aliphatic carbocycles. The number of carbonyl (C=O) groups excluding carboxylic acids is 1. The summed E-state index contributed by atoms with van der Waals surface area (Å²) in [5.41, 5.74) is 1.02. The van der Waals surface area contributed by atoms with Gasteiger partial charge in [0.1, 0.15) is 10.0 Å². The Kier molecular flexibility index (Phi) is 5.78. The summed E-state index contributed by atoms with van der Waals surface area (Å²) in [5, 5.41) is 2.64. The van der Waals surface area contributed by atoms with Gasteiger partial charge in [-0.05, 0) is 59.1 Å². The van der Waals surface area contributed by atoms with E-state index >= 15 is 0 Å². The predicted molar refractivity (Wildman–Crippen MR) is 101 cm³/mol. The fourth-order valence-corrected chi connectivity index (χ4v) is 6.06. The summed E-state index contributed by atoms with van der Waals surface area (Å²) >= 11 is 4.20. The van der Waals surface area contributed by atoms with Crippen molar-refractivity contribution < 1.29 is 22.3 Å². The van der Waals surface area contributed by atoms with Gasteiger partial charge in [-0.2, -0.15) is 0 Å². The Hall–Kier alpha value is -1.33. The van der Waals surface area contributed by atoms with Gasteiger partial charge in [-0.25, -0.2) is 17.5 Å². The first-order valence-electron chi connectivity index (χ1n) is 7.73. The SMILES string of the molecule is Cc1cc(NC(=O)c2cc(S(=O)(=O)NC3CCOC3)sc2Br)ccc1F. The molecular weight excluding hydrogens is 447 g/mol. The highest BCUT2D eigenvalue weighted by molar-refractivity contribution is 9.11. The Bertz CT molecular complexity index is 940. The van der Waals surface area contributed by atoms with Crippen molar-refractivity contribution in [2.24, 2.45) is 0 Å². The molecule has 0 spiro atoms. The molecule has 1 atom stereocenters. The highest BCUT2D eigenvalue weighted by atomic mass is 79.9. The minimum Gasteiger partial charge on any atom is -0.380 e. The number of anilines is 1. The quantitative estimate of drug-likeness (QED) is 0.713. The molecule has 3 rings (SSSR count). The molecule has 1 aromatic heterocycles. The number of carbonyl (C=O) groups is 1. The van der Waals surface area contributed by atoms with E-state index in [4.69, 9.17) is 4.74 Å². The summed E-state index contributed by atoms with van der Waals surface area (Å²) in [6.07, 6.45) is 0.614. The summed E-state index contributed by atoms with van der Waals surface area (Å²) in [5.74, 6) is -0.847. The maximum atomic E-state index is 13.3. The molecule has 10 heteroatoms. The third kappa shape index (κ3) is 4.32. The molecule has 1 fully saturated rings. The van der Waals surface area contributed by atoms with E-state index in [9.17, 15) is 17.6 Å². The second-order valence-electron chi connectivity index (χ2n) is 5.85. The van der Waals surface area contributed by atoms with Gasteiger partial charge < -0.3 is 10.1 Å². The first-order valence-corrected chi connectivity index (χ1v) is 10.8. The molecule has 2 heterocycles. The largest absolute Gasteiger partial charge is 0.380 e. The van der Waals surface area contributed by atoms with Crippen LogP contribution in [0.4, 0.5) is 10.1 Å². The first-order chi connectivity index (χ1) is 12.3. The van der Waals surface area contributed by atoms with Crippen LogP contribution >= 0.6 is 27.3 Å². The Labute approximate surface area is 162 Å². The van der Waals surface area contributed by atoms with Gasteiger partial charge >= 0.3 is 0 Å². The average molecular weight is 463 g/mol. The fraction of sp³-hybridized carbons (Fsp3) is 0.312. The molecule has 2 aromatic rings. The van der Waals surface area contributed by atoms with Crippen LogP contribution in [0.1, 0.15) is 22.3 Å². The van der Waals surface area contributed by atoms with E-state index in [0.29, 0.717) is 34.7 Å². The number of rotatable bonds is 5. The van der Waals surface area contributed by atoms with Crippen LogP contribution in [0.5, 0.6) is 0 Å². The predicted octanol–water partition coefficient (Wildman–Crippen LogP) is 3.28. The lowest BCUT2D eigenvalue weighted by molar-refractivity contribution is 0.102. The van der Waals surface area contributed by atoms with Gasteiger partial charge in [-0.15, -0.1) is 11.3 Å². The number of benzene rings is 1. The molecule has 1 aliphatic heterocycles. The maximum Gasteiger partial charge on any atom is 0.257 e. The summed E-state index contributed by atoms with van der Waals surface area (Å²) in [6.45, 7) is 2.45. The lowest BCUT2D eigenvalue weighted by Crippen LogP contribution is -2.34. The third-order valence-electron chi connectivity index (χ3n) is 3.84. The summed E-state index contributed by atoms with van der Waals surface area (Å²) in [6, 6.07) is 5.27. The monoisotopic (exact) mass is 462 g/mol. The summed E-state index contributed by atoms with van der Waals surface area (Å²) in [4.78, 5) is 12.5. The van der Waals surface area contributed by atoms with Crippen LogP contribution in [0, 0.1) is 12.7 Å². The molecule has 0 saturated carbocycles. The molecule has 0 radical (unpaired) electrons. The molecule has 1 saturated heterocycles. The Morgan fingerprint density at radius 2 is 2.15 bits per heavy atom. The van der Waals surface area contributed by atoms with Crippen molar-refractivity contribution in [1.29, 1.82) is 0 Å². The van der Waals surface area contributed by atoms with Crippen molar-refractivity contribution in [3.8, 4) is 0 Å². The maximum absolute atomic E-state index is 13.3. The van der Waals surface area contributed by atoms with E-state index in [1.54, 1.807) is 6.92 Å². The Balaban J connectivity index is 1.78. The number of thiophene rings is 1. The molecule has 1 amide bonds. The van der Waals surface area contributed by atoms with Crippen LogP contribution in [0.2, 0.25) is 0 Å². The number of sulfonamides is 1. The number of ether oxygens (including phenoxy) is 1. The van der Waals surface area contributed by atoms with Gasteiger partial charge in [0.05, 0.1) is 16.0 Å². The number of hydrogen-bond donors (Lipinski definition) is 2. The van der Waals surface area contributed by atoms with Crippen LogP contribution in [0.15, 0.2) is 32.3 Å². The number of nitrogens with one attached hydrogen (secondary N) is 2. The first kappa shape index (κ1) is 19.4. The summed E-state index contributed by atoms with van der Waals surface area (Å²) in [7, 11) is -3.74. The van der Waals surface area contributed by atoms with E-state index in [1.807, 2.05) is 0 Å². The highest BCUT2D eigenvalue weighted by Gasteiger charge is 2.27. The zero-order valence-electron chi connectivity index (χ0n) is 13.7. The molecule has 2 N–H and O–H groups in total. The fourth-order valence-electron chi connectivity index (χ4n) is 2.46. The van der Waals surface area contributed by atoms with Crippen molar-refractivity contribution in [3.63, 3.8) is 0 Å². The van der Waals surface area contributed by atoms with Gasteiger partial charge in [0.2, 0.25) is 10.0 Å². The minimum absolute atomic E-state index is 0.0386. The van der Waals surface area contributed by atoms with Crippen molar-refractivity contribution in [2.45, 2.75) is 23.6 Å². The van der Waals surface area contributed by atoms with E-state index in [0.717, 1.165) is 11.3 Å². The second-order valence-corrected chi connectivity index (χ2v) is 10.2. The van der Waals surface area contributed by atoms with Gasteiger partial charge in [-0.1, -0.05) is 0 Å². The molecule has 1 aromatic carbocycles. The molecule has 0 bridgehead atoms. The van der Waals surface area contributed by atoms with E-state index < -0.39 is 15.9 Å². The topological polar surface area (TPSA) is 84.5 Å². The van der Waals surface area contributed by atoms with Crippen LogP contribution in [-0.2, 0) is 14.8 Å². The normalized spacial score (nSPS) is 17.4. The van der Waals surface area contributed by atoms with Gasteiger partial charge in [0.25, 0.3) is 5.91 Å². The summed E-state index contributed by atoms with van der Waals surface area (Å²) < 4.78 is 46.4. The molecule has 6 nitrogen and oxygen atoms in total. The molecule has 140 valence electrons. The van der Waals surface area contributed by atoms with Crippen LogP contribution in [-0.4, -0.2) is 33.6 Å². The Morgan fingerprint density at radius 1 is 1.38 bits per heavy atom. The lowest BCUT2D eigenvalue weighted by Gasteiger charge is -2.09. The minimum atomic E-state index is -3.74. The second kappa shape index (κ2) is 7.73. The van der Waals surface area contributed by atoms with Crippen molar-refractivity contribution in [3.05, 3.63) is 45.0 Å². The van der Waals surface area contributed by atoms with Crippen LogP contribution in [0.3, 0.4) is 0 Å². The van der Waals surface area contributed by atoms with Crippen molar-refractivity contribution >= 4 is 48.9 Å². The molecule has 26 heavy (non-hydrogen) atoms. The zero-order valence-corrected chi connectivity index (χ0v) is 16.9. The van der Waals surface area contributed by atoms with Crippen LogP contribution in [0.25, 0.3) is 0 Å². The van der Waals surface area contributed by atoms with E-state index in [-0.39, 0.29) is 21.6 Å². The molecule has 1 aliphatic rings. The zero-order chi connectivity index (χ0) is 18.9. The number of aryl methyl sites for hydroxylation is 1. The van der Waals surface area contributed by atoms with Gasteiger partial charge in [-0.3, -0.25) is 4.79 Å². The third-order valence-corrected chi connectivity index (χ3v) is 7.67.